The highest BCUT2D eigenvalue weighted by Crippen LogP contribution is 2.27. The second-order valence-electron chi connectivity index (χ2n) is 11.1. The summed E-state index contributed by atoms with van der Waals surface area (Å²) in [6, 6.07) is 21.2. The third-order valence-corrected chi connectivity index (χ3v) is 7.58. The van der Waals surface area contributed by atoms with Crippen LogP contribution in [0.4, 0.5) is 0 Å². The molecule has 0 saturated carbocycles. The molecular weight excluding hydrogens is 478 g/mol. The van der Waals surface area contributed by atoms with E-state index in [1.165, 1.54) is 114 Å². The molecule has 0 saturated heterocycles. The van der Waals surface area contributed by atoms with E-state index in [0.29, 0.717) is 6.54 Å². The topological polar surface area (TPSA) is 50.5 Å². The van der Waals surface area contributed by atoms with Gasteiger partial charge in [-0.3, -0.25) is 4.84 Å². The van der Waals surface area contributed by atoms with E-state index in [1.807, 2.05) is 0 Å². The first-order chi connectivity index (χ1) is 19.3. The highest BCUT2D eigenvalue weighted by molar-refractivity contribution is 5.29. The molecule has 0 aliphatic heterocycles. The van der Waals surface area contributed by atoms with Crippen molar-refractivity contribution in [2.24, 2.45) is 5.73 Å². The van der Waals surface area contributed by atoms with Crippen LogP contribution in [0.15, 0.2) is 60.7 Å². The van der Waals surface area contributed by atoms with Crippen molar-refractivity contribution in [1.82, 2.24) is 10.4 Å². The molecule has 39 heavy (non-hydrogen) atoms. The van der Waals surface area contributed by atoms with E-state index in [4.69, 9.17) is 10.6 Å². The Morgan fingerprint density at radius 1 is 0.590 bits per heavy atom. The van der Waals surface area contributed by atoms with Crippen LogP contribution in [0.25, 0.3) is 0 Å². The maximum Gasteiger partial charge on any atom is 0.129 e. The standard InChI is InChI=1S/C35H59N3O/c1-2-3-4-5-6-7-8-9-10-11-12-13-14-15-16-23-31-38(32-30-37-29-28-36)39-35(33-24-19-17-20-25-33)34-26-21-18-22-27-34/h17-22,24-27,35,37H,2-16,23,28-32,36H2,1H3. The van der Waals surface area contributed by atoms with Gasteiger partial charge in [-0.25, -0.2) is 0 Å². The number of rotatable bonds is 26. The summed E-state index contributed by atoms with van der Waals surface area (Å²) in [6.45, 7) is 6.49. The maximum absolute atomic E-state index is 6.69. The second-order valence-corrected chi connectivity index (χ2v) is 11.1. The molecule has 0 heterocycles. The van der Waals surface area contributed by atoms with Crippen LogP contribution in [0.5, 0.6) is 0 Å². The zero-order valence-electron chi connectivity index (χ0n) is 25.1. The minimum absolute atomic E-state index is 0.0945. The largest absolute Gasteiger partial charge is 0.329 e. The van der Waals surface area contributed by atoms with Crippen molar-refractivity contribution in [1.29, 1.82) is 0 Å². The van der Waals surface area contributed by atoms with Crippen molar-refractivity contribution < 1.29 is 4.84 Å². The third-order valence-electron chi connectivity index (χ3n) is 7.58. The zero-order chi connectivity index (χ0) is 27.6. The molecule has 0 aliphatic rings. The van der Waals surface area contributed by atoms with Crippen LogP contribution in [0, 0.1) is 0 Å². The van der Waals surface area contributed by atoms with Crippen LogP contribution in [0.2, 0.25) is 0 Å². The molecule has 0 aliphatic carbocycles. The lowest BCUT2D eigenvalue weighted by Crippen LogP contribution is -2.36. The maximum atomic E-state index is 6.69. The van der Waals surface area contributed by atoms with E-state index >= 15 is 0 Å². The molecule has 2 aromatic carbocycles. The average Bonchev–Trinajstić information content (AvgIpc) is 2.98. The zero-order valence-corrected chi connectivity index (χ0v) is 25.1. The van der Waals surface area contributed by atoms with Gasteiger partial charge in [0.1, 0.15) is 6.10 Å². The number of nitrogens with two attached hydrogens (primary N) is 1. The van der Waals surface area contributed by atoms with E-state index in [2.05, 4.69) is 78.0 Å². The van der Waals surface area contributed by atoms with Gasteiger partial charge in [-0.2, -0.15) is 5.06 Å². The average molecular weight is 538 g/mol. The number of hydrogen-bond acceptors (Lipinski definition) is 4. The van der Waals surface area contributed by atoms with Crippen molar-refractivity contribution in [3.63, 3.8) is 0 Å². The van der Waals surface area contributed by atoms with Gasteiger partial charge in [-0.15, -0.1) is 0 Å². The summed E-state index contributed by atoms with van der Waals surface area (Å²) in [4.78, 5) is 6.69. The fourth-order valence-corrected chi connectivity index (χ4v) is 5.20. The molecule has 4 nitrogen and oxygen atoms in total. The Labute approximate surface area is 241 Å². The molecule has 0 unspecified atom stereocenters. The number of nitrogens with one attached hydrogen (secondary N) is 1. The van der Waals surface area contributed by atoms with Crippen LogP contribution < -0.4 is 11.1 Å². The Hall–Kier alpha value is -1.72. The van der Waals surface area contributed by atoms with Crippen LogP contribution in [-0.4, -0.2) is 37.8 Å². The van der Waals surface area contributed by atoms with Crippen molar-refractivity contribution in [2.75, 3.05) is 32.7 Å². The second kappa shape index (κ2) is 24.1. The Morgan fingerprint density at radius 2 is 1.03 bits per heavy atom. The first kappa shape index (κ1) is 33.5. The van der Waals surface area contributed by atoms with Gasteiger partial charge in [0.15, 0.2) is 0 Å². The molecule has 4 heteroatoms. The summed E-state index contributed by atoms with van der Waals surface area (Å²) in [6.07, 6.45) is 22.2. The van der Waals surface area contributed by atoms with Gasteiger partial charge in [-0.1, -0.05) is 164 Å². The van der Waals surface area contributed by atoms with Crippen LogP contribution in [-0.2, 0) is 4.84 Å². The van der Waals surface area contributed by atoms with Crippen molar-refractivity contribution in [3.05, 3.63) is 71.8 Å². The molecule has 0 amide bonds. The highest BCUT2D eigenvalue weighted by atomic mass is 16.7. The lowest BCUT2D eigenvalue weighted by Gasteiger charge is -2.28. The molecule has 0 radical (unpaired) electrons. The van der Waals surface area contributed by atoms with E-state index in [-0.39, 0.29) is 6.10 Å². The fraction of sp³-hybridized carbons (Fsp3) is 0.657. The fourth-order valence-electron chi connectivity index (χ4n) is 5.20. The molecule has 3 N–H and O–H groups in total. The minimum atomic E-state index is -0.0945. The SMILES string of the molecule is CCCCCCCCCCCCCCCCCCN(CCNCCN)OC(c1ccccc1)c1ccccc1. The number of unbranched alkanes of at least 4 members (excludes halogenated alkanes) is 15. The monoisotopic (exact) mass is 537 g/mol. The predicted octanol–water partition coefficient (Wildman–Crippen LogP) is 8.82. The Bertz CT molecular complexity index is 730. The predicted molar refractivity (Wildman–Crippen MR) is 169 cm³/mol. The number of hydroxylamine groups is 2. The van der Waals surface area contributed by atoms with E-state index < -0.39 is 0 Å². The lowest BCUT2D eigenvalue weighted by atomic mass is 10.0. The molecule has 0 bridgehead atoms. The Morgan fingerprint density at radius 3 is 1.46 bits per heavy atom. The van der Waals surface area contributed by atoms with Crippen LogP contribution >= 0.6 is 0 Å². The van der Waals surface area contributed by atoms with Gasteiger partial charge in [0.25, 0.3) is 0 Å². The van der Waals surface area contributed by atoms with Gasteiger partial charge in [0, 0.05) is 32.7 Å². The summed E-state index contributed by atoms with van der Waals surface area (Å²) >= 11 is 0. The number of benzene rings is 2. The summed E-state index contributed by atoms with van der Waals surface area (Å²) in [5.41, 5.74) is 8.05. The van der Waals surface area contributed by atoms with Gasteiger partial charge in [-0.05, 0) is 17.5 Å². The van der Waals surface area contributed by atoms with Gasteiger partial charge in [0.2, 0.25) is 0 Å². The van der Waals surface area contributed by atoms with Gasteiger partial charge >= 0.3 is 0 Å². The Kier molecular flexibility index (Phi) is 20.7. The molecular formula is C35H59N3O. The normalized spacial score (nSPS) is 11.6. The van der Waals surface area contributed by atoms with Gasteiger partial charge < -0.3 is 11.1 Å². The van der Waals surface area contributed by atoms with E-state index in [0.717, 1.165) is 26.2 Å². The number of nitrogens with zero attached hydrogens (tertiary/aromatic N) is 1. The first-order valence-electron chi connectivity index (χ1n) is 16.3. The summed E-state index contributed by atoms with van der Waals surface area (Å²) in [5, 5.41) is 5.61. The van der Waals surface area contributed by atoms with Crippen molar-refractivity contribution >= 4 is 0 Å². The molecule has 0 atom stereocenters. The van der Waals surface area contributed by atoms with E-state index in [9.17, 15) is 0 Å². The highest BCUT2D eigenvalue weighted by Gasteiger charge is 2.19. The Balaban J connectivity index is 1.64. The smallest absolute Gasteiger partial charge is 0.129 e. The van der Waals surface area contributed by atoms with Crippen LogP contribution in [0.1, 0.15) is 127 Å². The quantitative estimate of drug-likeness (QED) is 0.0929. The van der Waals surface area contributed by atoms with Gasteiger partial charge in [0.05, 0.1) is 0 Å². The first-order valence-corrected chi connectivity index (χ1v) is 16.3. The van der Waals surface area contributed by atoms with Crippen molar-refractivity contribution in [2.45, 2.75) is 116 Å². The molecule has 2 aromatic rings. The van der Waals surface area contributed by atoms with Crippen molar-refractivity contribution in [3.8, 4) is 0 Å². The molecule has 2 rings (SSSR count). The number of hydrogen-bond donors (Lipinski definition) is 2. The lowest BCUT2D eigenvalue weighted by molar-refractivity contribution is -0.188. The summed E-state index contributed by atoms with van der Waals surface area (Å²) in [7, 11) is 0. The molecule has 220 valence electrons. The summed E-state index contributed by atoms with van der Waals surface area (Å²) < 4.78 is 0. The molecule has 0 spiro atoms. The molecule has 0 aromatic heterocycles. The third kappa shape index (κ3) is 16.9. The van der Waals surface area contributed by atoms with Crippen LogP contribution in [0.3, 0.4) is 0 Å². The summed E-state index contributed by atoms with van der Waals surface area (Å²) in [5.74, 6) is 0. The van der Waals surface area contributed by atoms with E-state index in [1.54, 1.807) is 0 Å². The minimum Gasteiger partial charge on any atom is -0.329 e. The molecule has 0 fully saturated rings.